The third kappa shape index (κ3) is 4.73. The van der Waals surface area contributed by atoms with E-state index in [0.29, 0.717) is 35.1 Å². The van der Waals surface area contributed by atoms with E-state index in [-0.39, 0.29) is 17.1 Å². The van der Waals surface area contributed by atoms with Crippen molar-refractivity contribution in [2.45, 2.75) is 77.0 Å². The lowest BCUT2D eigenvalue weighted by Gasteiger charge is -2.41. The van der Waals surface area contributed by atoms with Crippen LogP contribution in [0.4, 0.5) is 0 Å². The van der Waals surface area contributed by atoms with Crippen LogP contribution in [0, 0.1) is 5.92 Å². The van der Waals surface area contributed by atoms with Crippen LogP contribution in [0.5, 0.6) is 11.5 Å². The van der Waals surface area contributed by atoms with Crippen LogP contribution in [0.3, 0.4) is 0 Å². The van der Waals surface area contributed by atoms with Crippen molar-refractivity contribution in [1.29, 1.82) is 0 Å². The molecule has 1 aliphatic heterocycles. The van der Waals surface area contributed by atoms with Gasteiger partial charge >= 0.3 is 5.97 Å². The smallest absolute Gasteiger partial charge is 0.340 e. The summed E-state index contributed by atoms with van der Waals surface area (Å²) in [6, 6.07) is 13.0. The molecule has 1 aromatic heterocycles. The molecule has 5 rings (SSSR count). The zero-order valence-electron chi connectivity index (χ0n) is 21.4. The van der Waals surface area contributed by atoms with Crippen LogP contribution in [0.15, 0.2) is 53.5 Å². The molecular weight excluding hydrogens is 454 g/mol. The molecule has 6 nitrogen and oxygen atoms in total. The van der Waals surface area contributed by atoms with E-state index in [4.69, 9.17) is 14.2 Å². The van der Waals surface area contributed by atoms with Gasteiger partial charge in [0.25, 0.3) is 5.56 Å². The van der Waals surface area contributed by atoms with Crippen LogP contribution in [0.25, 0.3) is 10.8 Å². The summed E-state index contributed by atoms with van der Waals surface area (Å²) in [5.74, 6) is 1.30. The summed E-state index contributed by atoms with van der Waals surface area (Å²) in [6.45, 7) is 4.64. The SMILES string of the molecule is COc1ccc2c(c1)[C@H](OC(=O)c1cn(CC(C)C)c(=O)c3ccccc13)CC1(CCCCCC1)O2. The maximum absolute atomic E-state index is 13.8. The first-order chi connectivity index (χ1) is 17.4. The summed E-state index contributed by atoms with van der Waals surface area (Å²) in [4.78, 5) is 26.8. The van der Waals surface area contributed by atoms with Gasteiger partial charge in [0.2, 0.25) is 0 Å². The average molecular weight is 490 g/mol. The summed E-state index contributed by atoms with van der Waals surface area (Å²) in [6.07, 6.45) is 8.35. The second-order valence-electron chi connectivity index (χ2n) is 10.6. The quantitative estimate of drug-likeness (QED) is 0.386. The Morgan fingerprint density at radius 2 is 1.81 bits per heavy atom. The fraction of sp³-hybridized carbons (Fsp3) is 0.467. The largest absolute Gasteiger partial charge is 0.497 e. The number of methoxy groups -OCH3 is 1. The van der Waals surface area contributed by atoms with Gasteiger partial charge in [-0.3, -0.25) is 4.79 Å². The molecule has 3 aromatic rings. The Bertz CT molecular complexity index is 1320. The number of carbonyl (C=O) groups is 1. The van der Waals surface area contributed by atoms with Gasteiger partial charge in [0.05, 0.1) is 12.7 Å². The van der Waals surface area contributed by atoms with Crippen molar-refractivity contribution in [1.82, 2.24) is 4.57 Å². The van der Waals surface area contributed by atoms with Crippen molar-refractivity contribution in [3.8, 4) is 11.5 Å². The van der Waals surface area contributed by atoms with Gasteiger partial charge in [0.1, 0.15) is 23.2 Å². The molecule has 2 aliphatic rings. The first-order valence-corrected chi connectivity index (χ1v) is 13.1. The van der Waals surface area contributed by atoms with Gasteiger partial charge in [0.15, 0.2) is 0 Å². The monoisotopic (exact) mass is 489 g/mol. The molecular formula is C30H35NO5. The maximum atomic E-state index is 13.8. The number of hydrogen-bond acceptors (Lipinski definition) is 5. The normalized spacial score (nSPS) is 18.9. The van der Waals surface area contributed by atoms with Crippen molar-refractivity contribution in [2.24, 2.45) is 5.92 Å². The number of ether oxygens (including phenoxy) is 3. The van der Waals surface area contributed by atoms with Crippen molar-refractivity contribution < 1.29 is 19.0 Å². The Morgan fingerprint density at radius 1 is 1.08 bits per heavy atom. The molecule has 2 aromatic carbocycles. The number of esters is 1. The summed E-state index contributed by atoms with van der Waals surface area (Å²) in [7, 11) is 1.63. The lowest BCUT2D eigenvalue weighted by Crippen LogP contribution is -2.41. The third-order valence-corrected chi connectivity index (χ3v) is 7.49. The second-order valence-corrected chi connectivity index (χ2v) is 10.6. The van der Waals surface area contributed by atoms with Crippen molar-refractivity contribution >= 4 is 16.7 Å². The van der Waals surface area contributed by atoms with E-state index >= 15 is 0 Å². The van der Waals surface area contributed by atoms with Gasteiger partial charge in [0, 0.05) is 35.5 Å². The number of carbonyl (C=O) groups excluding carboxylic acids is 1. The molecule has 1 atom stereocenters. The molecule has 0 unspecified atom stereocenters. The minimum absolute atomic E-state index is 0.0885. The van der Waals surface area contributed by atoms with E-state index in [0.717, 1.165) is 37.0 Å². The topological polar surface area (TPSA) is 66.8 Å². The van der Waals surface area contributed by atoms with Gasteiger partial charge in [-0.15, -0.1) is 0 Å². The minimum Gasteiger partial charge on any atom is -0.497 e. The third-order valence-electron chi connectivity index (χ3n) is 7.49. The molecule has 2 heterocycles. The Morgan fingerprint density at radius 3 is 2.50 bits per heavy atom. The molecule has 0 N–H and O–H groups in total. The van der Waals surface area contributed by atoms with Crippen molar-refractivity contribution in [3.63, 3.8) is 0 Å². The highest BCUT2D eigenvalue weighted by atomic mass is 16.6. The van der Waals surface area contributed by atoms with E-state index in [2.05, 4.69) is 13.8 Å². The molecule has 1 aliphatic carbocycles. The zero-order valence-corrected chi connectivity index (χ0v) is 21.4. The van der Waals surface area contributed by atoms with Crippen LogP contribution in [-0.2, 0) is 11.3 Å². The molecule has 1 fully saturated rings. The van der Waals surface area contributed by atoms with Crippen LogP contribution in [-0.4, -0.2) is 23.2 Å². The van der Waals surface area contributed by atoms with Gasteiger partial charge in [-0.25, -0.2) is 4.79 Å². The Hall–Kier alpha value is -3.28. The lowest BCUT2D eigenvalue weighted by molar-refractivity contribution is -0.0392. The Kier molecular flexibility index (Phi) is 6.78. The Balaban J connectivity index is 1.55. The van der Waals surface area contributed by atoms with Crippen LogP contribution >= 0.6 is 0 Å². The summed E-state index contributed by atoms with van der Waals surface area (Å²) >= 11 is 0. The second kappa shape index (κ2) is 10.00. The first-order valence-electron chi connectivity index (χ1n) is 13.1. The van der Waals surface area contributed by atoms with Gasteiger partial charge in [-0.05, 0) is 55.9 Å². The fourth-order valence-corrected chi connectivity index (χ4v) is 5.73. The summed E-state index contributed by atoms with van der Waals surface area (Å²) in [5.41, 5.74) is 0.824. The van der Waals surface area contributed by atoms with E-state index in [1.54, 1.807) is 23.9 Å². The number of benzene rings is 2. The number of fused-ring (bicyclic) bond motifs is 2. The number of nitrogens with zero attached hydrogens (tertiary/aromatic N) is 1. The highest BCUT2D eigenvalue weighted by Crippen LogP contribution is 2.48. The van der Waals surface area contributed by atoms with Crippen LogP contribution < -0.4 is 15.0 Å². The van der Waals surface area contributed by atoms with Crippen molar-refractivity contribution in [3.05, 3.63) is 70.1 Å². The first kappa shape index (κ1) is 24.4. The molecule has 0 saturated heterocycles. The highest BCUT2D eigenvalue weighted by molar-refractivity contribution is 6.04. The minimum atomic E-state index is -0.460. The van der Waals surface area contributed by atoms with E-state index in [1.165, 1.54) is 12.8 Å². The van der Waals surface area contributed by atoms with E-state index < -0.39 is 12.1 Å². The number of aromatic nitrogens is 1. The summed E-state index contributed by atoms with van der Waals surface area (Å²) < 4.78 is 20.0. The molecule has 1 spiro atoms. The predicted molar refractivity (Wildman–Crippen MR) is 140 cm³/mol. The fourth-order valence-electron chi connectivity index (χ4n) is 5.73. The standard InChI is InChI=1S/C30H35NO5/c1-20(2)18-31-19-25(22-10-6-7-11-23(22)28(31)32)29(33)35-27-17-30(14-8-4-5-9-15-30)36-26-13-12-21(34-3)16-24(26)27/h6-7,10-13,16,19-20,27H,4-5,8-9,14-15,17-18H2,1-3H3/t27-/m1/s1. The molecule has 0 amide bonds. The van der Waals surface area contributed by atoms with E-state index in [1.807, 2.05) is 36.4 Å². The maximum Gasteiger partial charge on any atom is 0.340 e. The molecule has 36 heavy (non-hydrogen) atoms. The molecule has 0 bridgehead atoms. The zero-order chi connectivity index (χ0) is 25.3. The molecule has 6 heteroatoms. The van der Waals surface area contributed by atoms with Gasteiger partial charge in [-0.2, -0.15) is 0 Å². The predicted octanol–water partition coefficient (Wildman–Crippen LogP) is 6.44. The molecule has 1 saturated carbocycles. The molecule has 190 valence electrons. The number of pyridine rings is 1. The average Bonchev–Trinajstić information content (AvgIpc) is 3.10. The lowest BCUT2D eigenvalue weighted by atomic mass is 9.83. The number of rotatable bonds is 5. The number of hydrogen-bond donors (Lipinski definition) is 0. The molecule has 0 radical (unpaired) electrons. The Labute approximate surface area is 212 Å². The van der Waals surface area contributed by atoms with Gasteiger partial charge < -0.3 is 18.8 Å². The highest BCUT2D eigenvalue weighted by Gasteiger charge is 2.43. The van der Waals surface area contributed by atoms with Crippen LogP contribution in [0.1, 0.15) is 80.8 Å². The van der Waals surface area contributed by atoms with Crippen molar-refractivity contribution in [2.75, 3.05) is 7.11 Å². The van der Waals surface area contributed by atoms with E-state index in [9.17, 15) is 9.59 Å². The van der Waals surface area contributed by atoms with Crippen LogP contribution in [0.2, 0.25) is 0 Å². The summed E-state index contributed by atoms with van der Waals surface area (Å²) in [5, 5.41) is 1.15. The van der Waals surface area contributed by atoms with Gasteiger partial charge in [-0.1, -0.05) is 44.9 Å².